The molecule has 1 atom stereocenters. The average molecular weight is 330 g/mol. The number of hydrogen-bond donors (Lipinski definition) is 0. The lowest BCUT2D eigenvalue weighted by atomic mass is 9.67. The van der Waals surface area contributed by atoms with Gasteiger partial charge in [0.25, 0.3) is 0 Å². The molecule has 0 aromatic carbocycles. The molecule has 2 nitrogen and oxygen atoms in total. The van der Waals surface area contributed by atoms with Crippen LogP contribution in [0.5, 0.6) is 0 Å². The van der Waals surface area contributed by atoms with E-state index in [0.717, 1.165) is 38.0 Å². The molecule has 0 aromatic heterocycles. The lowest BCUT2D eigenvalue weighted by Gasteiger charge is -2.40. The molecular weight excluding hydrogens is 290 g/mol. The normalized spacial score (nSPS) is 19.8. The summed E-state index contributed by atoms with van der Waals surface area (Å²) < 4.78 is 0. The van der Waals surface area contributed by atoms with E-state index < -0.39 is 0 Å². The molecule has 1 aliphatic heterocycles. The molecule has 0 aromatic rings. The Morgan fingerprint density at radius 2 is 1.71 bits per heavy atom. The van der Waals surface area contributed by atoms with Gasteiger partial charge in [-0.25, -0.2) is 0 Å². The fraction of sp³-hybridized carbons (Fsp3) is 1.00. The van der Waals surface area contributed by atoms with Crippen LogP contribution in [0.3, 0.4) is 0 Å². The Labute approximate surface area is 155 Å². The summed E-state index contributed by atoms with van der Waals surface area (Å²) in [6.07, 6.45) is 7.65. The van der Waals surface area contributed by atoms with Gasteiger partial charge in [0.05, 0.1) is 0 Å². The predicted molar refractivity (Wildman–Crippen MR) is 108 cm³/mol. The van der Waals surface area contributed by atoms with Crippen LogP contribution < -0.4 is 0 Å². The Hall–Kier alpha value is 0.0499. The van der Waals surface area contributed by atoms with Gasteiger partial charge in [-0.15, -0.1) is 0 Å². The maximum absolute atomic E-state index is 5.92. The molecule has 1 fully saturated rings. The van der Waals surface area contributed by atoms with E-state index in [2.05, 4.69) is 41.5 Å². The van der Waals surface area contributed by atoms with Crippen LogP contribution in [-0.2, 0) is 0 Å². The number of rotatable bonds is 10. The van der Waals surface area contributed by atoms with Crippen LogP contribution in [0.4, 0.5) is 0 Å². The van der Waals surface area contributed by atoms with Crippen molar-refractivity contribution in [3.8, 4) is 0 Å². The van der Waals surface area contributed by atoms with E-state index in [1.165, 1.54) is 38.5 Å². The topological polar surface area (TPSA) is 6.48 Å². The summed E-state index contributed by atoms with van der Waals surface area (Å²) >= 11 is 0. The third-order valence-electron chi connectivity index (χ3n) is 5.66. The van der Waals surface area contributed by atoms with Crippen molar-refractivity contribution in [3.05, 3.63) is 0 Å². The third kappa shape index (κ3) is 8.94. The molecule has 1 aliphatic rings. The van der Waals surface area contributed by atoms with Crippen LogP contribution in [0.15, 0.2) is 0 Å². The van der Waals surface area contributed by atoms with Crippen molar-refractivity contribution in [1.29, 1.82) is 0 Å². The smallest absolute Gasteiger partial charge is 0.182 e. The number of hydrogen-bond acceptors (Lipinski definition) is 2. The van der Waals surface area contributed by atoms with Crippen molar-refractivity contribution in [2.45, 2.75) is 80.1 Å². The lowest BCUT2D eigenvalue weighted by molar-refractivity contribution is 0.117. The molecule has 0 N–H and O–H groups in total. The largest absolute Gasteiger partial charge is 0.354 e. The van der Waals surface area contributed by atoms with E-state index in [9.17, 15) is 0 Å². The number of piperidine rings is 1. The van der Waals surface area contributed by atoms with Crippen LogP contribution in [0.1, 0.15) is 80.1 Å². The Kier molecular flexibility index (Phi) is 8.90. The van der Waals surface area contributed by atoms with E-state index >= 15 is 0 Å². The molecule has 4 radical (unpaired) electrons. The zero-order valence-corrected chi connectivity index (χ0v) is 17.3. The van der Waals surface area contributed by atoms with Crippen LogP contribution in [0.25, 0.3) is 0 Å². The zero-order chi connectivity index (χ0) is 18.4. The molecule has 24 heavy (non-hydrogen) atoms. The van der Waals surface area contributed by atoms with Crippen molar-refractivity contribution in [2.24, 2.45) is 22.7 Å². The molecule has 0 aliphatic carbocycles. The van der Waals surface area contributed by atoms with Gasteiger partial charge in [-0.1, -0.05) is 41.5 Å². The fourth-order valence-corrected chi connectivity index (χ4v) is 4.97. The van der Waals surface area contributed by atoms with Gasteiger partial charge < -0.3 is 9.62 Å². The van der Waals surface area contributed by atoms with Gasteiger partial charge in [0.2, 0.25) is 0 Å². The van der Waals surface area contributed by atoms with Crippen LogP contribution in [0.2, 0.25) is 0 Å². The minimum atomic E-state index is 0.392. The van der Waals surface area contributed by atoms with Gasteiger partial charge >= 0.3 is 0 Å². The Morgan fingerprint density at radius 1 is 1.12 bits per heavy atom. The van der Waals surface area contributed by atoms with Crippen LogP contribution in [-0.4, -0.2) is 51.8 Å². The summed E-state index contributed by atoms with van der Waals surface area (Å²) in [5, 5.41) is 0. The van der Waals surface area contributed by atoms with Crippen molar-refractivity contribution < 1.29 is 0 Å². The second-order valence-electron chi connectivity index (χ2n) is 9.92. The highest BCUT2D eigenvalue weighted by Gasteiger charge is 2.32. The van der Waals surface area contributed by atoms with Crippen LogP contribution in [0, 0.1) is 22.7 Å². The van der Waals surface area contributed by atoms with Gasteiger partial charge in [-0.2, -0.15) is 0 Å². The zero-order valence-electron chi connectivity index (χ0n) is 17.3. The Morgan fingerprint density at radius 3 is 2.25 bits per heavy atom. The van der Waals surface area contributed by atoms with Gasteiger partial charge in [0.1, 0.15) is 0 Å². The first-order valence-corrected chi connectivity index (χ1v) is 10.0. The van der Waals surface area contributed by atoms with E-state index in [1.54, 1.807) is 0 Å². The second kappa shape index (κ2) is 9.67. The first-order valence-electron chi connectivity index (χ1n) is 10.0. The van der Waals surface area contributed by atoms with Crippen LogP contribution >= 0.6 is 0 Å². The highest BCUT2D eigenvalue weighted by atomic mass is 15.0. The average Bonchev–Trinajstić information content (AvgIpc) is 2.45. The van der Waals surface area contributed by atoms with Gasteiger partial charge in [0, 0.05) is 0 Å². The van der Waals surface area contributed by atoms with Gasteiger partial charge in [-0.05, 0) is 87.4 Å². The molecule has 4 heteroatoms. The molecule has 136 valence electrons. The van der Waals surface area contributed by atoms with Crippen molar-refractivity contribution in [3.63, 3.8) is 0 Å². The quantitative estimate of drug-likeness (QED) is 0.547. The van der Waals surface area contributed by atoms with Gasteiger partial charge in [0.15, 0.2) is 16.0 Å². The van der Waals surface area contributed by atoms with Crippen molar-refractivity contribution in [2.75, 3.05) is 26.2 Å². The summed E-state index contributed by atoms with van der Waals surface area (Å²) in [7, 11) is 11.8. The first kappa shape index (κ1) is 22.1. The molecule has 0 amide bonds. The van der Waals surface area contributed by atoms with Gasteiger partial charge in [-0.3, -0.25) is 0 Å². The molecule has 0 bridgehead atoms. The molecule has 0 spiro atoms. The van der Waals surface area contributed by atoms with E-state index in [1.807, 2.05) is 9.62 Å². The standard InChI is InChI=1S/C20H40B2N2/c1-7-23(21)11-8-17(2)14-19(3,4)16-20(5,6)15-18-9-12-24(22)13-10-18/h17-18H,7-16H2,1-6H3. The van der Waals surface area contributed by atoms with Crippen molar-refractivity contribution >= 4 is 16.0 Å². The summed E-state index contributed by atoms with van der Waals surface area (Å²) in [4.78, 5) is 3.91. The second-order valence-corrected chi connectivity index (χ2v) is 9.92. The molecule has 1 saturated heterocycles. The molecule has 1 unspecified atom stereocenters. The monoisotopic (exact) mass is 330 g/mol. The molecule has 1 heterocycles. The first-order chi connectivity index (χ1) is 11.0. The fourth-order valence-electron chi connectivity index (χ4n) is 4.97. The summed E-state index contributed by atoms with van der Waals surface area (Å²) in [6, 6.07) is 0. The minimum Gasteiger partial charge on any atom is -0.354 e. The van der Waals surface area contributed by atoms with E-state index in [-0.39, 0.29) is 0 Å². The third-order valence-corrected chi connectivity index (χ3v) is 5.66. The van der Waals surface area contributed by atoms with E-state index in [4.69, 9.17) is 16.0 Å². The highest BCUT2D eigenvalue weighted by molar-refractivity contribution is 6.04. The minimum absolute atomic E-state index is 0.392. The molecule has 1 rings (SSSR count). The SMILES string of the molecule is [B]N(CC)CCC(C)CC(C)(C)CC(C)(C)CC1CCN([B])CC1. The number of nitrogens with zero attached hydrogens (tertiary/aromatic N) is 2. The Balaban J connectivity index is 2.42. The van der Waals surface area contributed by atoms with Crippen molar-refractivity contribution in [1.82, 2.24) is 9.62 Å². The maximum Gasteiger partial charge on any atom is 0.182 e. The summed E-state index contributed by atoms with van der Waals surface area (Å²) in [6.45, 7) is 18.4. The lowest BCUT2D eigenvalue weighted by Crippen LogP contribution is -2.34. The molecule has 0 saturated carbocycles. The maximum atomic E-state index is 5.92. The van der Waals surface area contributed by atoms with E-state index in [0.29, 0.717) is 10.8 Å². The highest BCUT2D eigenvalue weighted by Crippen LogP contribution is 2.43. The summed E-state index contributed by atoms with van der Waals surface area (Å²) in [5.74, 6) is 1.58. The summed E-state index contributed by atoms with van der Waals surface area (Å²) in [5.41, 5.74) is 0.803. The Bertz CT molecular complexity index is 350. The molecular formula is C20H40B2N2. The predicted octanol–water partition coefficient (Wildman–Crippen LogP) is 4.44.